The van der Waals surface area contributed by atoms with Crippen LogP contribution in [0.2, 0.25) is 0 Å². The first-order chi connectivity index (χ1) is 7.11. The van der Waals surface area contributed by atoms with Gasteiger partial charge in [0.1, 0.15) is 5.82 Å². The number of hydrogen-bond acceptors (Lipinski definition) is 2. The van der Waals surface area contributed by atoms with E-state index in [2.05, 4.69) is 5.32 Å². The fourth-order valence-electron chi connectivity index (χ4n) is 1.11. The van der Waals surface area contributed by atoms with Gasteiger partial charge in [0.25, 0.3) is 0 Å². The van der Waals surface area contributed by atoms with Crippen LogP contribution in [0.1, 0.15) is 12.5 Å². The molecule has 0 fully saturated rings. The molecule has 0 bridgehead atoms. The van der Waals surface area contributed by atoms with Gasteiger partial charge < -0.3 is 5.32 Å². The molecule has 0 unspecified atom stereocenters. The van der Waals surface area contributed by atoms with Gasteiger partial charge in [0.2, 0.25) is 12.2 Å². The lowest BCUT2D eigenvalue weighted by Crippen LogP contribution is -2.34. The quantitative estimate of drug-likeness (QED) is 0.801. The third-order valence-electron chi connectivity index (χ3n) is 1.83. The fraction of sp³-hybridized carbons (Fsp3) is 0.273. The molecule has 0 spiro atoms. The largest absolute Gasteiger partial charge is 0.346 e. The van der Waals surface area contributed by atoms with Gasteiger partial charge >= 0.3 is 0 Å². The van der Waals surface area contributed by atoms with Crippen molar-refractivity contribution in [1.29, 1.82) is 0 Å². The molecule has 0 aliphatic rings. The van der Waals surface area contributed by atoms with Crippen LogP contribution in [0.5, 0.6) is 0 Å². The van der Waals surface area contributed by atoms with Gasteiger partial charge in [0.05, 0.1) is 12.5 Å². The molecule has 1 atom stereocenters. The van der Waals surface area contributed by atoms with E-state index < -0.39 is 6.04 Å². The van der Waals surface area contributed by atoms with Gasteiger partial charge in [-0.25, -0.2) is 4.39 Å². The Balaban J connectivity index is 2.51. The van der Waals surface area contributed by atoms with Gasteiger partial charge in [-0.2, -0.15) is 0 Å². The minimum Gasteiger partial charge on any atom is -0.346 e. The Kier molecular flexibility index (Phi) is 3.97. The van der Waals surface area contributed by atoms with Crippen molar-refractivity contribution in [2.45, 2.75) is 19.4 Å². The van der Waals surface area contributed by atoms with E-state index in [4.69, 9.17) is 0 Å². The molecule has 1 amide bonds. The summed E-state index contributed by atoms with van der Waals surface area (Å²) in [5.41, 5.74) is 0.701. The lowest BCUT2D eigenvalue weighted by Gasteiger charge is -2.06. The van der Waals surface area contributed by atoms with Crippen molar-refractivity contribution in [2.24, 2.45) is 0 Å². The van der Waals surface area contributed by atoms with Crippen LogP contribution in [-0.4, -0.2) is 18.2 Å². The summed E-state index contributed by atoms with van der Waals surface area (Å²) in [5, 5.41) is 2.44. The highest BCUT2D eigenvalue weighted by atomic mass is 19.1. The summed E-state index contributed by atoms with van der Waals surface area (Å²) in [6.07, 6.45) is 1.78. The molecule has 0 heterocycles. The van der Waals surface area contributed by atoms with Crippen molar-refractivity contribution in [3.63, 3.8) is 0 Å². The molecule has 4 heteroatoms. The number of nitrogens with one attached hydrogen (secondary N) is 1. The van der Waals surface area contributed by atoms with Crippen molar-refractivity contribution < 1.29 is 14.0 Å². The first-order valence-electron chi connectivity index (χ1n) is 4.53. The van der Waals surface area contributed by atoms with Gasteiger partial charge in [-0.1, -0.05) is 12.1 Å². The van der Waals surface area contributed by atoms with E-state index in [0.717, 1.165) is 0 Å². The zero-order valence-corrected chi connectivity index (χ0v) is 8.29. The van der Waals surface area contributed by atoms with Crippen LogP contribution in [0.25, 0.3) is 0 Å². The smallest absolute Gasteiger partial charge is 0.225 e. The molecule has 1 radical (unpaired) electrons. The number of carbonyl (C=O) groups is 1. The maximum Gasteiger partial charge on any atom is 0.225 e. The second-order valence-electron chi connectivity index (χ2n) is 3.21. The van der Waals surface area contributed by atoms with E-state index in [0.29, 0.717) is 5.56 Å². The Morgan fingerprint density at radius 1 is 1.47 bits per heavy atom. The predicted octanol–water partition coefficient (Wildman–Crippen LogP) is 0.983. The number of rotatable bonds is 4. The molecule has 0 aliphatic carbocycles. The second-order valence-corrected chi connectivity index (χ2v) is 3.21. The first kappa shape index (κ1) is 11.4. The number of benzene rings is 1. The van der Waals surface area contributed by atoms with Gasteiger partial charge in [-0.15, -0.1) is 0 Å². The van der Waals surface area contributed by atoms with Crippen LogP contribution in [0.3, 0.4) is 0 Å². The molecule has 0 aromatic heterocycles. The van der Waals surface area contributed by atoms with Gasteiger partial charge in [-0.3, -0.25) is 9.59 Å². The molecular formula is C11H11FNO2. The van der Waals surface area contributed by atoms with E-state index >= 15 is 0 Å². The summed E-state index contributed by atoms with van der Waals surface area (Å²) in [5.74, 6) is -0.619. The molecule has 1 aromatic carbocycles. The number of amides is 1. The average Bonchev–Trinajstić information content (AvgIpc) is 2.21. The van der Waals surface area contributed by atoms with E-state index in [-0.39, 0.29) is 18.1 Å². The molecule has 0 saturated carbocycles. The van der Waals surface area contributed by atoms with Crippen LogP contribution >= 0.6 is 0 Å². The second kappa shape index (κ2) is 5.24. The minimum absolute atomic E-state index is 0.131. The highest BCUT2D eigenvalue weighted by Gasteiger charge is 2.07. The topological polar surface area (TPSA) is 46.2 Å². The van der Waals surface area contributed by atoms with Gasteiger partial charge in [0, 0.05) is 0 Å². The molecule has 0 aliphatic heterocycles. The van der Waals surface area contributed by atoms with Crippen LogP contribution in [0.4, 0.5) is 4.39 Å². The summed E-state index contributed by atoms with van der Waals surface area (Å²) < 4.78 is 12.5. The third kappa shape index (κ3) is 3.89. The summed E-state index contributed by atoms with van der Waals surface area (Å²) >= 11 is 0. The molecule has 1 N–H and O–H groups in total. The lowest BCUT2D eigenvalue weighted by molar-refractivity contribution is -0.120. The molecule has 0 saturated heterocycles. The van der Waals surface area contributed by atoms with Crippen LogP contribution in [-0.2, 0) is 16.0 Å². The normalized spacial score (nSPS) is 11.9. The van der Waals surface area contributed by atoms with E-state index in [1.54, 1.807) is 6.29 Å². The molecular weight excluding hydrogens is 197 g/mol. The third-order valence-corrected chi connectivity index (χ3v) is 1.83. The van der Waals surface area contributed by atoms with E-state index in [1.165, 1.54) is 31.2 Å². The predicted molar refractivity (Wildman–Crippen MR) is 53.4 cm³/mol. The number of hydrogen-bond donors (Lipinski definition) is 1. The number of halogens is 1. The van der Waals surface area contributed by atoms with Crippen molar-refractivity contribution in [3.05, 3.63) is 35.6 Å². The lowest BCUT2D eigenvalue weighted by atomic mass is 10.1. The highest BCUT2D eigenvalue weighted by Crippen LogP contribution is 2.03. The maximum atomic E-state index is 12.5. The first-order valence-corrected chi connectivity index (χ1v) is 4.53. The molecule has 3 nitrogen and oxygen atoms in total. The molecule has 79 valence electrons. The van der Waals surface area contributed by atoms with E-state index in [1.807, 2.05) is 0 Å². The van der Waals surface area contributed by atoms with Crippen molar-refractivity contribution >= 4 is 12.2 Å². The maximum absolute atomic E-state index is 12.5. The Labute approximate surface area is 87.3 Å². The Bertz CT molecular complexity index is 348. The standard InChI is InChI=1S/C11H11FNO2/c1-8(7-14)13-11(15)6-9-2-4-10(12)5-3-9/h2-5,8H,6H2,1H3,(H,13,15)/t8-/m0/s1. The van der Waals surface area contributed by atoms with Gasteiger partial charge in [0.15, 0.2) is 0 Å². The SMILES string of the molecule is C[C@@H]([C]=O)NC(=O)Cc1ccc(F)cc1. The molecule has 1 aromatic rings. The Morgan fingerprint density at radius 2 is 2.07 bits per heavy atom. The van der Waals surface area contributed by atoms with Crippen molar-refractivity contribution in [1.82, 2.24) is 5.32 Å². The minimum atomic E-state index is -0.613. The fourth-order valence-corrected chi connectivity index (χ4v) is 1.11. The Morgan fingerprint density at radius 3 is 2.60 bits per heavy atom. The summed E-state index contributed by atoms with van der Waals surface area (Å²) in [6.45, 7) is 1.54. The van der Waals surface area contributed by atoms with Crippen LogP contribution in [0, 0.1) is 5.82 Å². The summed E-state index contributed by atoms with van der Waals surface area (Å²) in [4.78, 5) is 21.4. The zero-order chi connectivity index (χ0) is 11.3. The van der Waals surface area contributed by atoms with E-state index in [9.17, 15) is 14.0 Å². The summed E-state index contributed by atoms with van der Waals surface area (Å²) in [7, 11) is 0. The van der Waals surface area contributed by atoms with Gasteiger partial charge in [-0.05, 0) is 24.6 Å². The van der Waals surface area contributed by atoms with Crippen molar-refractivity contribution in [3.8, 4) is 0 Å². The Hall–Kier alpha value is -1.71. The van der Waals surface area contributed by atoms with Crippen molar-refractivity contribution in [2.75, 3.05) is 0 Å². The summed E-state index contributed by atoms with van der Waals surface area (Å²) in [6, 6.07) is 5.03. The number of carbonyl (C=O) groups excluding carboxylic acids is 2. The average molecular weight is 208 g/mol. The molecule has 15 heavy (non-hydrogen) atoms. The van der Waals surface area contributed by atoms with Crippen LogP contribution < -0.4 is 5.32 Å². The highest BCUT2D eigenvalue weighted by molar-refractivity contribution is 5.81. The zero-order valence-electron chi connectivity index (χ0n) is 8.29. The van der Waals surface area contributed by atoms with Crippen LogP contribution in [0.15, 0.2) is 24.3 Å². The monoisotopic (exact) mass is 208 g/mol. The molecule has 1 rings (SSSR count).